The predicted molar refractivity (Wildman–Crippen MR) is 176 cm³/mol. The van der Waals surface area contributed by atoms with E-state index < -0.39 is 6.04 Å². The first-order valence-electron chi connectivity index (χ1n) is 14.3. The van der Waals surface area contributed by atoms with Gasteiger partial charge < -0.3 is 10.6 Å². The van der Waals surface area contributed by atoms with Crippen molar-refractivity contribution in [1.29, 1.82) is 0 Å². The Morgan fingerprint density at radius 3 is 2.30 bits per heavy atom. The maximum atomic E-state index is 13.6. The zero-order valence-electron chi connectivity index (χ0n) is 24.2. The van der Waals surface area contributed by atoms with E-state index in [4.69, 9.17) is 5.10 Å². The van der Waals surface area contributed by atoms with Gasteiger partial charge in [-0.1, -0.05) is 126 Å². The van der Waals surface area contributed by atoms with E-state index in [2.05, 4.69) is 94.8 Å². The van der Waals surface area contributed by atoms with Gasteiger partial charge in [-0.05, 0) is 48.6 Å². The number of hydrogen-bond acceptors (Lipinski definition) is 4. The highest BCUT2D eigenvalue weighted by Crippen LogP contribution is 2.30. The second-order valence-electron chi connectivity index (χ2n) is 10.7. The summed E-state index contributed by atoms with van der Waals surface area (Å²) in [7, 11) is 0. The number of carbonyl (C=O) groups is 1. The second-order valence-corrected chi connectivity index (χ2v) is 11.6. The van der Waals surface area contributed by atoms with Crippen LogP contribution in [0.3, 0.4) is 0 Å². The number of aromatic nitrogens is 3. The standard InChI is InChI=1S/C36H33N5OS/c1-25-18-20-30(21-19-25)41-34(39-40-36(41)43-24-28-13-8-10-26(2)22-28)33(23-27-11-4-3-5-12-27)38-35(42)37-32-17-9-15-29-14-6-7-16-31(29)32/h3-22,33H,23-24H2,1-2H3,(H2,37,38,42). The predicted octanol–water partition coefficient (Wildman–Crippen LogP) is 8.44. The van der Waals surface area contributed by atoms with Crippen molar-refractivity contribution in [1.82, 2.24) is 20.1 Å². The summed E-state index contributed by atoms with van der Waals surface area (Å²) in [5, 5.41) is 18.5. The van der Waals surface area contributed by atoms with E-state index in [-0.39, 0.29) is 6.03 Å². The Hall–Kier alpha value is -4.88. The molecule has 2 amide bonds. The Bertz CT molecular complexity index is 1840. The number of benzene rings is 5. The van der Waals surface area contributed by atoms with Crippen LogP contribution in [0.2, 0.25) is 0 Å². The van der Waals surface area contributed by atoms with Gasteiger partial charge in [0.1, 0.15) is 0 Å². The van der Waals surface area contributed by atoms with Gasteiger partial charge in [0.2, 0.25) is 0 Å². The van der Waals surface area contributed by atoms with Gasteiger partial charge in [0.15, 0.2) is 11.0 Å². The molecule has 1 unspecified atom stereocenters. The molecule has 1 aromatic heterocycles. The van der Waals surface area contributed by atoms with Crippen LogP contribution in [0.25, 0.3) is 16.5 Å². The molecule has 7 heteroatoms. The van der Waals surface area contributed by atoms with Gasteiger partial charge >= 0.3 is 6.03 Å². The van der Waals surface area contributed by atoms with Gasteiger partial charge in [0.25, 0.3) is 0 Å². The highest BCUT2D eigenvalue weighted by molar-refractivity contribution is 7.98. The van der Waals surface area contributed by atoms with Crippen molar-refractivity contribution < 1.29 is 4.79 Å². The number of amides is 2. The smallest absolute Gasteiger partial charge is 0.319 e. The van der Waals surface area contributed by atoms with Gasteiger partial charge in [-0.15, -0.1) is 10.2 Å². The molecule has 0 fully saturated rings. The fourth-order valence-electron chi connectivity index (χ4n) is 5.19. The Kier molecular flexibility index (Phi) is 8.52. The first-order valence-corrected chi connectivity index (χ1v) is 15.3. The minimum atomic E-state index is -0.445. The van der Waals surface area contributed by atoms with E-state index in [1.165, 1.54) is 16.7 Å². The van der Waals surface area contributed by atoms with Gasteiger partial charge in [0, 0.05) is 23.2 Å². The molecule has 1 atom stereocenters. The summed E-state index contributed by atoms with van der Waals surface area (Å²) < 4.78 is 2.08. The lowest BCUT2D eigenvalue weighted by Crippen LogP contribution is -2.35. The van der Waals surface area contributed by atoms with E-state index >= 15 is 0 Å². The molecule has 0 saturated carbocycles. The summed E-state index contributed by atoms with van der Waals surface area (Å²) in [5.41, 5.74) is 6.41. The lowest BCUT2D eigenvalue weighted by Gasteiger charge is -2.21. The number of nitrogens with one attached hydrogen (secondary N) is 2. The van der Waals surface area contributed by atoms with E-state index in [0.717, 1.165) is 38.6 Å². The average molecular weight is 584 g/mol. The van der Waals surface area contributed by atoms with Crippen molar-refractivity contribution in [2.75, 3.05) is 5.32 Å². The molecule has 43 heavy (non-hydrogen) atoms. The Morgan fingerprint density at radius 2 is 1.49 bits per heavy atom. The molecule has 6 rings (SSSR count). The van der Waals surface area contributed by atoms with Crippen LogP contribution in [-0.4, -0.2) is 20.8 Å². The normalized spacial score (nSPS) is 11.8. The minimum Gasteiger partial charge on any atom is -0.327 e. The molecule has 2 N–H and O–H groups in total. The number of anilines is 1. The topological polar surface area (TPSA) is 71.8 Å². The zero-order valence-corrected chi connectivity index (χ0v) is 25.0. The largest absolute Gasteiger partial charge is 0.327 e. The van der Waals surface area contributed by atoms with Gasteiger partial charge in [-0.3, -0.25) is 4.57 Å². The van der Waals surface area contributed by atoms with E-state index in [0.29, 0.717) is 12.2 Å². The fourth-order valence-corrected chi connectivity index (χ4v) is 6.10. The highest BCUT2D eigenvalue weighted by atomic mass is 32.2. The lowest BCUT2D eigenvalue weighted by molar-refractivity contribution is 0.248. The first kappa shape index (κ1) is 28.2. The number of nitrogens with zero attached hydrogens (tertiary/aromatic N) is 3. The zero-order chi connectivity index (χ0) is 29.6. The van der Waals surface area contributed by atoms with Crippen LogP contribution in [-0.2, 0) is 12.2 Å². The summed E-state index contributed by atoms with van der Waals surface area (Å²) in [4.78, 5) is 13.6. The monoisotopic (exact) mass is 583 g/mol. The molecule has 0 radical (unpaired) electrons. The van der Waals surface area contributed by atoms with Crippen molar-refractivity contribution in [2.45, 2.75) is 37.2 Å². The molecule has 5 aromatic carbocycles. The molecule has 0 spiro atoms. The molecule has 0 bridgehead atoms. The third-order valence-electron chi connectivity index (χ3n) is 7.34. The summed E-state index contributed by atoms with van der Waals surface area (Å²) in [5.74, 6) is 1.43. The number of fused-ring (bicyclic) bond motifs is 1. The number of thioether (sulfide) groups is 1. The average Bonchev–Trinajstić information content (AvgIpc) is 3.45. The van der Waals surface area contributed by atoms with Crippen LogP contribution in [0, 0.1) is 13.8 Å². The number of rotatable bonds is 9. The SMILES string of the molecule is Cc1ccc(-n2c(SCc3cccc(C)c3)nnc2C(Cc2ccccc2)NC(=O)Nc2cccc3ccccc23)cc1. The molecular weight excluding hydrogens is 550 g/mol. The molecule has 1 heterocycles. The number of carbonyl (C=O) groups excluding carboxylic acids is 1. The second kappa shape index (κ2) is 13.0. The highest BCUT2D eigenvalue weighted by Gasteiger charge is 2.25. The van der Waals surface area contributed by atoms with Gasteiger partial charge in [-0.2, -0.15) is 0 Å². The van der Waals surface area contributed by atoms with Crippen molar-refractivity contribution in [3.63, 3.8) is 0 Å². The number of aryl methyl sites for hydroxylation is 2. The molecule has 0 aliphatic rings. The van der Waals surface area contributed by atoms with Crippen LogP contribution >= 0.6 is 11.8 Å². The first-order chi connectivity index (χ1) is 21.0. The Balaban J connectivity index is 1.35. The van der Waals surface area contributed by atoms with Crippen LogP contribution in [0.5, 0.6) is 0 Å². The molecule has 0 aliphatic heterocycles. The van der Waals surface area contributed by atoms with Crippen molar-refractivity contribution in [3.05, 3.63) is 149 Å². The molecule has 0 aliphatic carbocycles. The third kappa shape index (κ3) is 6.79. The summed E-state index contributed by atoms with van der Waals surface area (Å²) in [6.07, 6.45) is 0.552. The summed E-state index contributed by atoms with van der Waals surface area (Å²) in [6.45, 7) is 4.17. The Morgan fingerprint density at radius 1 is 0.767 bits per heavy atom. The third-order valence-corrected chi connectivity index (χ3v) is 8.34. The van der Waals surface area contributed by atoms with Crippen LogP contribution in [0.15, 0.2) is 126 Å². The number of urea groups is 1. The quantitative estimate of drug-likeness (QED) is 0.168. The minimum absolute atomic E-state index is 0.301. The molecule has 214 valence electrons. The van der Waals surface area contributed by atoms with Gasteiger partial charge in [-0.25, -0.2) is 4.79 Å². The molecule has 6 aromatic rings. The van der Waals surface area contributed by atoms with Crippen LogP contribution in [0.1, 0.15) is 34.1 Å². The van der Waals surface area contributed by atoms with Crippen molar-refractivity contribution in [3.8, 4) is 5.69 Å². The maximum absolute atomic E-state index is 13.6. The molecular formula is C36H33N5OS. The van der Waals surface area contributed by atoms with Crippen LogP contribution < -0.4 is 10.6 Å². The van der Waals surface area contributed by atoms with Crippen molar-refractivity contribution in [2.24, 2.45) is 0 Å². The maximum Gasteiger partial charge on any atom is 0.319 e. The summed E-state index contributed by atoms with van der Waals surface area (Å²) in [6, 6.07) is 40.2. The van der Waals surface area contributed by atoms with E-state index in [1.54, 1.807) is 11.8 Å². The van der Waals surface area contributed by atoms with Crippen molar-refractivity contribution >= 4 is 34.3 Å². The van der Waals surface area contributed by atoms with E-state index in [9.17, 15) is 4.79 Å². The van der Waals surface area contributed by atoms with E-state index in [1.807, 2.05) is 60.7 Å². The fraction of sp³-hybridized carbons (Fsp3) is 0.139. The number of hydrogen-bond donors (Lipinski definition) is 2. The molecule has 0 saturated heterocycles. The summed E-state index contributed by atoms with van der Waals surface area (Å²) >= 11 is 1.64. The lowest BCUT2D eigenvalue weighted by atomic mass is 10.1. The molecule has 6 nitrogen and oxygen atoms in total. The Labute approximate surface area is 256 Å². The van der Waals surface area contributed by atoms with Crippen LogP contribution in [0.4, 0.5) is 10.5 Å². The van der Waals surface area contributed by atoms with Gasteiger partial charge in [0.05, 0.1) is 11.7 Å².